The number of nitrogens with two attached hydrogens (primary N) is 1. The van der Waals surface area contributed by atoms with Gasteiger partial charge in [0.05, 0.1) is 10.6 Å². The second-order valence-corrected chi connectivity index (χ2v) is 3.87. The van der Waals surface area contributed by atoms with E-state index in [2.05, 4.69) is 10.5 Å². The minimum atomic E-state index is -4.50. The Bertz CT molecular complexity index is 448. The zero-order chi connectivity index (χ0) is 13.8. The number of halogens is 4. The number of amidine groups is 1. The van der Waals surface area contributed by atoms with Crippen LogP contribution < -0.4 is 11.1 Å². The molecule has 0 radical (unpaired) electrons. The van der Waals surface area contributed by atoms with Crippen molar-refractivity contribution >= 4 is 23.1 Å². The Labute approximate surface area is 106 Å². The topological polar surface area (TPSA) is 70.6 Å². The highest BCUT2D eigenvalue weighted by molar-refractivity contribution is 6.31. The number of benzene rings is 1. The number of anilines is 1. The zero-order valence-corrected chi connectivity index (χ0v) is 9.89. The number of oxime groups is 1. The molecule has 0 saturated carbocycles. The summed E-state index contributed by atoms with van der Waals surface area (Å²) in [6.45, 7) is 0.245. The highest BCUT2D eigenvalue weighted by Gasteiger charge is 2.33. The quantitative estimate of drug-likeness (QED) is 0.344. The third-order valence-electron chi connectivity index (χ3n) is 2.11. The first-order valence-corrected chi connectivity index (χ1v) is 5.29. The van der Waals surface area contributed by atoms with Crippen LogP contribution in [0, 0.1) is 0 Å². The maximum Gasteiger partial charge on any atom is 0.417 e. The minimum Gasteiger partial charge on any atom is -0.409 e. The monoisotopic (exact) mass is 281 g/mol. The van der Waals surface area contributed by atoms with Gasteiger partial charge < -0.3 is 16.3 Å². The molecular formula is C10H11ClF3N3O. The van der Waals surface area contributed by atoms with E-state index >= 15 is 0 Å². The van der Waals surface area contributed by atoms with Crippen molar-refractivity contribution in [2.75, 3.05) is 11.9 Å². The van der Waals surface area contributed by atoms with Crippen LogP contribution >= 0.6 is 11.6 Å². The fourth-order valence-electron chi connectivity index (χ4n) is 1.24. The Morgan fingerprint density at radius 3 is 2.67 bits per heavy atom. The molecule has 0 fully saturated rings. The maximum absolute atomic E-state index is 12.5. The molecule has 1 aromatic carbocycles. The van der Waals surface area contributed by atoms with Crippen molar-refractivity contribution < 1.29 is 18.4 Å². The molecule has 0 bridgehead atoms. The summed E-state index contributed by atoms with van der Waals surface area (Å²) < 4.78 is 37.6. The molecule has 0 amide bonds. The smallest absolute Gasteiger partial charge is 0.409 e. The van der Waals surface area contributed by atoms with E-state index < -0.39 is 11.7 Å². The minimum absolute atomic E-state index is 0.00694. The van der Waals surface area contributed by atoms with Gasteiger partial charge in [0.25, 0.3) is 0 Å². The first-order valence-electron chi connectivity index (χ1n) is 4.91. The van der Waals surface area contributed by atoms with Gasteiger partial charge in [-0.3, -0.25) is 0 Å². The summed E-state index contributed by atoms with van der Waals surface area (Å²) in [6, 6.07) is 3.49. The van der Waals surface area contributed by atoms with Gasteiger partial charge in [-0.05, 0) is 18.2 Å². The van der Waals surface area contributed by atoms with Crippen molar-refractivity contribution in [2.45, 2.75) is 12.6 Å². The molecule has 0 atom stereocenters. The normalized spacial score (nSPS) is 12.6. The molecule has 4 N–H and O–H groups in total. The molecule has 18 heavy (non-hydrogen) atoms. The van der Waals surface area contributed by atoms with Crippen LogP contribution in [-0.4, -0.2) is 17.6 Å². The number of hydrogen-bond donors (Lipinski definition) is 3. The summed E-state index contributed by atoms with van der Waals surface area (Å²) in [6.07, 6.45) is -4.29. The summed E-state index contributed by atoms with van der Waals surface area (Å²) in [5.41, 5.74) is 4.58. The average molecular weight is 282 g/mol. The third kappa shape index (κ3) is 3.99. The lowest BCUT2D eigenvalue weighted by Crippen LogP contribution is -2.16. The van der Waals surface area contributed by atoms with Crippen LogP contribution in [-0.2, 0) is 6.18 Å². The molecule has 8 heteroatoms. The molecule has 0 aliphatic carbocycles. The molecular weight excluding hydrogens is 271 g/mol. The number of nitrogens with zero attached hydrogens (tertiary/aromatic N) is 1. The van der Waals surface area contributed by atoms with Crippen molar-refractivity contribution in [3.05, 3.63) is 28.8 Å². The molecule has 0 saturated heterocycles. The summed E-state index contributed by atoms with van der Waals surface area (Å²) >= 11 is 5.47. The summed E-state index contributed by atoms with van der Waals surface area (Å²) in [5.74, 6) is -0.00694. The van der Waals surface area contributed by atoms with Crippen molar-refractivity contribution in [3.8, 4) is 0 Å². The summed E-state index contributed by atoms with van der Waals surface area (Å²) in [4.78, 5) is 0. The Morgan fingerprint density at radius 1 is 1.44 bits per heavy atom. The predicted molar refractivity (Wildman–Crippen MR) is 63.0 cm³/mol. The number of rotatable bonds is 4. The average Bonchev–Trinajstić information content (AvgIpc) is 2.29. The van der Waals surface area contributed by atoms with Crippen LogP contribution in [0.2, 0.25) is 5.02 Å². The molecule has 0 spiro atoms. The van der Waals surface area contributed by atoms with Gasteiger partial charge in [-0.1, -0.05) is 16.8 Å². The van der Waals surface area contributed by atoms with Crippen molar-refractivity contribution in [3.63, 3.8) is 0 Å². The van der Waals surface area contributed by atoms with E-state index in [1.807, 2.05) is 0 Å². The lowest BCUT2D eigenvalue weighted by Gasteiger charge is -2.12. The van der Waals surface area contributed by atoms with Crippen LogP contribution in [0.15, 0.2) is 23.4 Å². The molecule has 100 valence electrons. The standard InChI is InChI=1S/C10H11ClF3N3O/c11-8-2-1-6(5-7(8)10(12,13)14)16-4-3-9(15)17-18/h1-2,5,16,18H,3-4H2,(H2,15,17). The lowest BCUT2D eigenvalue weighted by atomic mass is 10.2. The molecule has 0 heterocycles. The maximum atomic E-state index is 12.5. The molecule has 0 aliphatic heterocycles. The van der Waals surface area contributed by atoms with Gasteiger partial charge in [0.1, 0.15) is 5.84 Å². The molecule has 0 unspecified atom stereocenters. The predicted octanol–water partition coefficient (Wildman–Crippen LogP) is 2.91. The lowest BCUT2D eigenvalue weighted by molar-refractivity contribution is -0.137. The van der Waals surface area contributed by atoms with Gasteiger partial charge in [0.2, 0.25) is 0 Å². The Morgan fingerprint density at radius 2 is 2.11 bits per heavy atom. The second kappa shape index (κ2) is 5.81. The van der Waals surface area contributed by atoms with Gasteiger partial charge in [0.15, 0.2) is 0 Å². The van der Waals surface area contributed by atoms with Crippen molar-refractivity contribution in [2.24, 2.45) is 10.9 Å². The van der Waals surface area contributed by atoms with Crippen LogP contribution in [0.25, 0.3) is 0 Å². The zero-order valence-electron chi connectivity index (χ0n) is 9.13. The summed E-state index contributed by atoms with van der Waals surface area (Å²) in [7, 11) is 0. The van der Waals surface area contributed by atoms with E-state index in [0.717, 1.165) is 12.1 Å². The molecule has 1 rings (SSSR count). The van der Waals surface area contributed by atoms with Gasteiger partial charge in [-0.15, -0.1) is 0 Å². The first-order chi connectivity index (χ1) is 8.34. The van der Waals surface area contributed by atoms with E-state index in [0.29, 0.717) is 0 Å². The van der Waals surface area contributed by atoms with E-state index in [9.17, 15) is 13.2 Å². The largest absolute Gasteiger partial charge is 0.417 e. The highest BCUT2D eigenvalue weighted by atomic mass is 35.5. The first kappa shape index (κ1) is 14.4. The third-order valence-corrected chi connectivity index (χ3v) is 2.44. The van der Waals surface area contributed by atoms with Crippen LogP contribution in [0.3, 0.4) is 0 Å². The fraction of sp³-hybridized carbons (Fsp3) is 0.300. The summed E-state index contributed by atoms with van der Waals surface area (Å²) in [5, 5.41) is 13.4. The highest BCUT2D eigenvalue weighted by Crippen LogP contribution is 2.36. The van der Waals surface area contributed by atoms with E-state index in [4.69, 9.17) is 22.5 Å². The number of nitrogens with one attached hydrogen (secondary N) is 1. The van der Waals surface area contributed by atoms with Gasteiger partial charge in [-0.2, -0.15) is 13.2 Å². The number of alkyl halides is 3. The molecule has 0 aromatic heterocycles. The van der Waals surface area contributed by atoms with Gasteiger partial charge in [-0.25, -0.2) is 0 Å². The Balaban J connectivity index is 2.74. The van der Waals surface area contributed by atoms with E-state index in [1.54, 1.807) is 0 Å². The van der Waals surface area contributed by atoms with E-state index in [1.165, 1.54) is 6.07 Å². The van der Waals surface area contributed by atoms with Crippen molar-refractivity contribution in [1.82, 2.24) is 0 Å². The fourth-order valence-corrected chi connectivity index (χ4v) is 1.46. The molecule has 1 aromatic rings. The van der Waals surface area contributed by atoms with Crippen LogP contribution in [0.1, 0.15) is 12.0 Å². The van der Waals surface area contributed by atoms with E-state index in [-0.39, 0.29) is 29.5 Å². The molecule has 4 nitrogen and oxygen atoms in total. The van der Waals surface area contributed by atoms with Gasteiger partial charge in [0, 0.05) is 18.7 Å². The van der Waals surface area contributed by atoms with Crippen LogP contribution in [0.4, 0.5) is 18.9 Å². The second-order valence-electron chi connectivity index (χ2n) is 3.46. The SMILES string of the molecule is NC(CCNc1ccc(Cl)c(C(F)(F)F)c1)=NO. The molecule has 0 aliphatic rings. The Hall–Kier alpha value is -1.63. The Kier molecular flexibility index (Phi) is 4.66. The van der Waals surface area contributed by atoms with Crippen molar-refractivity contribution in [1.29, 1.82) is 0 Å². The van der Waals surface area contributed by atoms with Crippen LogP contribution in [0.5, 0.6) is 0 Å². The number of hydrogen-bond acceptors (Lipinski definition) is 3. The van der Waals surface area contributed by atoms with Gasteiger partial charge >= 0.3 is 6.18 Å².